The molecule has 1 fully saturated rings. The van der Waals surface area contributed by atoms with Gasteiger partial charge in [-0.05, 0) is 48.1 Å². The summed E-state index contributed by atoms with van der Waals surface area (Å²) in [5, 5.41) is 9.98. The highest BCUT2D eigenvalue weighted by molar-refractivity contribution is 8.26. The van der Waals surface area contributed by atoms with E-state index in [-0.39, 0.29) is 25.6 Å². The van der Waals surface area contributed by atoms with Gasteiger partial charge in [-0.15, -0.1) is 0 Å². The predicted octanol–water partition coefficient (Wildman–Crippen LogP) is 3.36. The van der Waals surface area contributed by atoms with Crippen molar-refractivity contribution in [3.8, 4) is 11.5 Å². The Labute approximate surface area is 191 Å². The van der Waals surface area contributed by atoms with Gasteiger partial charge in [0.25, 0.3) is 11.8 Å². The molecule has 0 aromatic heterocycles. The Hall–Kier alpha value is -3.08. The Morgan fingerprint density at radius 2 is 2.00 bits per heavy atom. The number of carbonyl (C=O) groups is 3. The molecule has 2 aromatic rings. The first-order chi connectivity index (χ1) is 14.8. The molecular weight excluding hydrogens is 464 g/mol. The Morgan fingerprint density at radius 3 is 2.68 bits per heavy atom. The number of hydrazine groups is 1. The van der Waals surface area contributed by atoms with Gasteiger partial charge in [0.1, 0.15) is 0 Å². The van der Waals surface area contributed by atoms with E-state index < -0.39 is 24.4 Å². The van der Waals surface area contributed by atoms with Crippen LogP contribution in [0.3, 0.4) is 0 Å². The third kappa shape index (κ3) is 5.35. The number of nitrogens with zero attached hydrogens (tertiary/aromatic N) is 1. The maximum atomic E-state index is 12.8. The van der Waals surface area contributed by atoms with Crippen LogP contribution in [0.2, 0.25) is 5.02 Å². The molecular formula is C20H15ClN2O6S2. The smallest absolute Gasteiger partial charge is 0.341 e. The number of carboxylic acid groups (broad SMARTS) is 1. The summed E-state index contributed by atoms with van der Waals surface area (Å²) in [4.78, 5) is 36.2. The third-order valence-corrected chi connectivity index (χ3v) is 5.59. The van der Waals surface area contributed by atoms with Gasteiger partial charge in [-0.2, -0.15) is 5.01 Å². The first-order valence-corrected chi connectivity index (χ1v) is 10.3. The van der Waals surface area contributed by atoms with E-state index in [9.17, 15) is 14.4 Å². The number of rotatable bonds is 7. The van der Waals surface area contributed by atoms with Gasteiger partial charge in [0.2, 0.25) is 0 Å². The van der Waals surface area contributed by atoms with Crippen LogP contribution in [0.1, 0.15) is 15.9 Å². The van der Waals surface area contributed by atoms with Crippen LogP contribution in [0.5, 0.6) is 11.5 Å². The second kappa shape index (κ2) is 9.82. The summed E-state index contributed by atoms with van der Waals surface area (Å²) in [6.45, 7) is -0.514. The number of methoxy groups -OCH3 is 1. The third-order valence-electron chi connectivity index (χ3n) is 3.96. The van der Waals surface area contributed by atoms with Crippen LogP contribution in [0.15, 0.2) is 47.4 Å². The van der Waals surface area contributed by atoms with Crippen LogP contribution >= 0.6 is 35.6 Å². The van der Waals surface area contributed by atoms with Crippen LogP contribution < -0.4 is 14.9 Å². The summed E-state index contributed by atoms with van der Waals surface area (Å²) in [5.74, 6) is -1.63. The minimum Gasteiger partial charge on any atom is -0.493 e. The number of carboxylic acids is 1. The average Bonchev–Trinajstić information content (AvgIpc) is 3.00. The summed E-state index contributed by atoms with van der Waals surface area (Å²) in [5.41, 5.74) is 3.27. The predicted molar refractivity (Wildman–Crippen MR) is 120 cm³/mol. The van der Waals surface area contributed by atoms with E-state index in [1.807, 2.05) is 0 Å². The van der Waals surface area contributed by atoms with Crippen LogP contribution in [0.4, 0.5) is 0 Å². The second-order valence-corrected chi connectivity index (χ2v) is 8.11. The van der Waals surface area contributed by atoms with Crippen LogP contribution in [0.25, 0.3) is 6.08 Å². The lowest BCUT2D eigenvalue weighted by molar-refractivity contribution is -0.139. The number of hydrogen-bond acceptors (Lipinski definition) is 7. The summed E-state index contributed by atoms with van der Waals surface area (Å²) in [7, 11) is 1.41. The fourth-order valence-electron chi connectivity index (χ4n) is 2.56. The van der Waals surface area contributed by atoms with Crippen molar-refractivity contribution in [2.24, 2.45) is 0 Å². The second-order valence-electron chi connectivity index (χ2n) is 6.03. The molecule has 160 valence electrons. The number of amides is 2. The van der Waals surface area contributed by atoms with Crippen LogP contribution in [-0.2, 0) is 9.59 Å². The summed E-state index contributed by atoms with van der Waals surface area (Å²) in [6, 6.07) is 11.2. The SMILES string of the molecule is COc1cc(/C=C2/SC(=S)N(NC(=O)c3ccccc3Cl)C2=O)ccc1OCC(=O)O. The number of aliphatic carboxylic acids is 1. The van der Waals surface area contributed by atoms with Gasteiger partial charge in [-0.1, -0.05) is 41.6 Å². The van der Waals surface area contributed by atoms with Gasteiger partial charge in [-0.3, -0.25) is 15.0 Å². The highest BCUT2D eigenvalue weighted by Gasteiger charge is 2.34. The fraction of sp³-hybridized carbons (Fsp3) is 0.100. The van der Waals surface area contributed by atoms with Crippen molar-refractivity contribution in [2.45, 2.75) is 0 Å². The lowest BCUT2D eigenvalue weighted by Crippen LogP contribution is -2.44. The summed E-state index contributed by atoms with van der Waals surface area (Å²) < 4.78 is 10.5. The van der Waals surface area contributed by atoms with Gasteiger partial charge in [0.15, 0.2) is 22.4 Å². The molecule has 0 atom stereocenters. The zero-order chi connectivity index (χ0) is 22.5. The molecule has 11 heteroatoms. The average molecular weight is 479 g/mol. The number of carbonyl (C=O) groups excluding carboxylic acids is 2. The van der Waals surface area contributed by atoms with Crippen molar-refractivity contribution in [1.29, 1.82) is 0 Å². The van der Waals surface area contributed by atoms with Crippen LogP contribution in [0, 0.1) is 0 Å². The number of halogens is 1. The van der Waals surface area contributed by atoms with E-state index in [1.165, 1.54) is 19.2 Å². The largest absolute Gasteiger partial charge is 0.493 e. The van der Waals surface area contributed by atoms with Crippen molar-refractivity contribution in [3.05, 3.63) is 63.5 Å². The normalized spacial score (nSPS) is 14.6. The Morgan fingerprint density at radius 1 is 1.26 bits per heavy atom. The first-order valence-electron chi connectivity index (χ1n) is 8.66. The molecule has 0 unspecified atom stereocenters. The molecule has 0 bridgehead atoms. The number of hydrogen-bond donors (Lipinski definition) is 2. The molecule has 1 aliphatic heterocycles. The molecule has 8 nitrogen and oxygen atoms in total. The van der Waals surface area contributed by atoms with Gasteiger partial charge < -0.3 is 14.6 Å². The number of ether oxygens (including phenoxy) is 2. The minimum atomic E-state index is -1.12. The molecule has 1 aliphatic rings. The van der Waals surface area contributed by atoms with Crippen molar-refractivity contribution >= 4 is 63.8 Å². The summed E-state index contributed by atoms with van der Waals surface area (Å²) in [6.07, 6.45) is 1.57. The zero-order valence-corrected chi connectivity index (χ0v) is 18.3. The minimum absolute atomic E-state index is 0.157. The molecule has 2 amide bonds. The fourth-order valence-corrected chi connectivity index (χ4v) is 3.96. The quantitative estimate of drug-likeness (QED) is 0.461. The number of benzene rings is 2. The maximum Gasteiger partial charge on any atom is 0.341 e. The van der Waals surface area contributed by atoms with E-state index in [2.05, 4.69) is 5.43 Å². The highest BCUT2D eigenvalue weighted by Crippen LogP contribution is 2.34. The summed E-state index contributed by atoms with van der Waals surface area (Å²) >= 11 is 12.3. The lowest BCUT2D eigenvalue weighted by atomic mass is 10.2. The molecule has 1 saturated heterocycles. The number of thioether (sulfide) groups is 1. The van der Waals surface area contributed by atoms with E-state index in [1.54, 1.807) is 36.4 Å². The molecule has 2 N–H and O–H groups in total. The maximum absolute atomic E-state index is 12.8. The zero-order valence-electron chi connectivity index (χ0n) is 16.0. The Kier molecular flexibility index (Phi) is 7.16. The molecule has 2 aromatic carbocycles. The highest BCUT2D eigenvalue weighted by atomic mass is 35.5. The first kappa shape index (κ1) is 22.6. The topological polar surface area (TPSA) is 105 Å². The van der Waals surface area contributed by atoms with E-state index in [4.69, 9.17) is 38.4 Å². The van der Waals surface area contributed by atoms with E-state index in [0.717, 1.165) is 16.8 Å². The lowest BCUT2D eigenvalue weighted by Gasteiger charge is -2.16. The molecule has 0 saturated carbocycles. The molecule has 31 heavy (non-hydrogen) atoms. The van der Waals surface area contributed by atoms with Crippen molar-refractivity contribution in [1.82, 2.24) is 10.4 Å². The monoisotopic (exact) mass is 478 g/mol. The molecule has 1 heterocycles. The molecule has 3 rings (SSSR count). The number of thiocarbonyl (C=S) groups is 1. The standard InChI is InChI=1S/C20H15ClN2O6S2/c1-28-15-8-11(6-7-14(15)29-10-17(24)25)9-16-19(27)23(20(30)31-16)22-18(26)12-4-2-3-5-13(12)21/h2-9H,10H2,1H3,(H,22,26)(H,24,25)/b16-9+. The van der Waals surface area contributed by atoms with Crippen molar-refractivity contribution < 1.29 is 29.0 Å². The van der Waals surface area contributed by atoms with Gasteiger partial charge in [0.05, 0.1) is 22.6 Å². The van der Waals surface area contributed by atoms with Crippen molar-refractivity contribution in [3.63, 3.8) is 0 Å². The molecule has 0 radical (unpaired) electrons. The Balaban J connectivity index is 1.77. The van der Waals surface area contributed by atoms with Gasteiger partial charge in [0, 0.05) is 0 Å². The van der Waals surface area contributed by atoms with Gasteiger partial charge >= 0.3 is 5.97 Å². The Bertz CT molecular complexity index is 1100. The number of nitrogens with one attached hydrogen (secondary N) is 1. The van der Waals surface area contributed by atoms with E-state index in [0.29, 0.717) is 11.3 Å². The van der Waals surface area contributed by atoms with E-state index >= 15 is 0 Å². The van der Waals surface area contributed by atoms with Crippen molar-refractivity contribution in [2.75, 3.05) is 13.7 Å². The molecule has 0 spiro atoms. The van der Waals surface area contributed by atoms with Gasteiger partial charge in [-0.25, -0.2) is 4.79 Å². The van der Waals surface area contributed by atoms with Crippen LogP contribution in [-0.4, -0.2) is 45.9 Å². The molecule has 0 aliphatic carbocycles.